The SMILES string of the molecule is CN(CCc1cccs1)C(=O)Cc1c[nH]c2ccccc12. The van der Waals surface area contributed by atoms with Crippen molar-refractivity contribution in [2.45, 2.75) is 12.8 Å². The number of thiophene rings is 1. The molecule has 0 atom stereocenters. The predicted molar refractivity (Wildman–Crippen MR) is 87.7 cm³/mol. The number of rotatable bonds is 5. The summed E-state index contributed by atoms with van der Waals surface area (Å²) >= 11 is 1.74. The van der Waals surface area contributed by atoms with E-state index in [9.17, 15) is 4.79 Å². The molecule has 21 heavy (non-hydrogen) atoms. The number of amides is 1. The third-order valence-electron chi connectivity index (χ3n) is 3.72. The van der Waals surface area contributed by atoms with E-state index in [0.29, 0.717) is 6.42 Å². The summed E-state index contributed by atoms with van der Waals surface area (Å²) in [6.45, 7) is 0.766. The first-order valence-electron chi connectivity index (χ1n) is 7.05. The van der Waals surface area contributed by atoms with Crippen molar-refractivity contribution < 1.29 is 4.79 Å². The minimum atomic E-state index is 0.163. The molecule has 0 unspecified atom stereocenters. The van der Waals surface area contributed by atoms with E-state index in [4.69, 9.17) is 0 Å². The van der Waals surface area contributed by atoms with Crippen molar-refractivity contribution in [3.05, 3.63) is 58.4 Å². The van der Waals surface area contributed by atoms with Crippen LogP contribution in [0.3, 0.4) is 0 Å². The maximum atomic E-state index is 12.3. The first-order valence-corrected chi connectivity index (χ1v) is 7.93. The predicted octanol–water partition coefficient (Wildman–Crippen LogP) is 3.47. The Morgan fingerprint density at radius 3 is 2.90 bits per heavy atom. The summed E-state index contributed by atoms with van der Waals surface area (Å²) in [5, 5.41) is 3.21. The Hall–Kier alpha value is -2.07. The molecule has 1 aromatic carbocycles. The van der Waals surface area contributed by atoms with E-state index in [1.54, 1.807) is 11.3 Å². The summed E-state index contributed by atoms with van der Waals surface area (Å²) in [4.78, 5) is 18.7. The lowest BCUT2D eigenvalue weighted by molar-refractivity contribution is -0.129. The van der Waals surface area contributed by atoms with Gasteiger partial charge in [0.15, 0.2) is 0 Å². The van der Waals surface area contributed by atoms with Crippen molar-refractivity contribution in [3.63, 3.8) is 0 Å². The number of H-pyrrole nitrogens is 1. The molecule has 3 nitrogen and oxygen atoms in total. The van der Waals surface area contributed by atoms with Crippen molar-refractivity contribution in [2.24, 2.45) is 0 Å². The molecule has 0 spiro atoms. The smallest absolute Gasteiger partial charge is 0.226 e. The van der Waals surface area contributed by atoms with E-state index in [-0.39, 0.29) is 5.91 Å². The number of carbonyl (C=O) groups is 1. The molecule has 1 N–H and O–H groups in total. The average molecular weight is 298 g/mol. The van der Waals surface area contributed by atoms with Crippen LogP contribution in [-0.2, 0) is 17.6 Å². The van der Waals surface area contributed by atoms with Gasteiger partial charge in [-0.25, -0.2) is 0 Å². The number of hydrogen-bond acceptors (Lipinski definition) is 2. The Balaban J connectivity index is 1.62. The van der Waals surface area contributed by atoms with Crippen molar-refractivity contribution in [1.82, 2.24) is 9.88 Å². The third kappa shape index (κ3) is 3.16. The number of benzene rings is 1. The van der Waals surface area contributed by atoms with Crippen LogP contribution in [0.5, 0.6) is 0 Å². The Labute approximate surface area is 128 Å². The summed E-state index contributed by atoms with van der Waals surface area (Å²) in [5.74, 6) is 0.163. The lowest BCUT2D eigenvalue weighted by Crippen LogP contribution is -2.30. The highest BCUT2D eigenvalue weighted by atomic mass is 32.1. The molecule has 4 heteroatoms. The molecule has 2 aromatic heterocycles. The fourth-order valence-electron chi connectivity index (χ4n) is 2.43. The van der Waals surface area contributed by atoms with E-state index in [2.05, 4.69) is 22.5 Å². The molecule has 0 bridgehead atoms. The summed E-state index contributed by atoms with van der Waals surface area (Å²) in [7, 11) is 1.88. The topological polar surface area (TPSA) is 36.1 Å². The van der Waals surface area contributed by atoms with Gasteiger partial charge in [-0.3, -0.25) is 4.79 Å². The lowest BCUT2D eigenvalue weighted by Gasteiger charge is -2.16. The quantitative estimate of drug-likeness (QED) is 0.769. The average Bonchev–Trinajstić information content (AvgIpc) is 3.15. The molecule has 0 aliphatic carbocycles. The Morgan fingerprint density at radius 2 is 2.10 bits per heavy atom. The molecular formula is C17H18N2OS. The number of aromatic amines is 1. The van der Waals surface area contributed by atoms with Crippen LogP contribution in [0.1, 0.15) is 10.4 Å². The van der Waals surface area contributed by atoms with Gasteiger partial charge in [-0.15, -0.1) is 11.3 Å². The fourth-order valence-corrected chi connectivity index (χ4v) is 3.13. The van der Waals surface area contributed by atoms with Crippen molar-refractivity contribution in [1.29, 1.82) is 0 Å². The lowest BCUT2D eigenvalue weighted by atomic mass is 10.1. The maximum absolute atomic E-state index is 12.3. The zero-order valence-corrected chi connectivity index (χ0v) is 12.8. The van der Waals surface area contributed by atoms with Crippen molar-refractivity contribution in [2.75, 3.05) is 13.6 Å². The van der Waals surface area contributed by atoms with Crippen LogP contribution in [-0.4, -0.2) is 29.4 Å². The van der Waals surface area contributed by atoms with Gasteiger partial charge < -0.3 is 9.88 Å². The van der Waals surface area contributed by atoms with E-state index in [1.165, 1.54) is 4.88 Å². The monoisotopic (exact) mass is 298 g/mol. The highest BCUT2D eigenvalue weighted by Gasteiger charge is 2.12. The van der Waals surface area contributed by atoms with Gasteiger partial charge >= 0.3 is 0 Å². The molecule has 0 fully saturated rings. The number of aromatic nitrogens is 1. The highest BCUT2D eigenvalue weighted by Crippen LogP contribution is 2.18. The second kappa shape index (κ2) is 6.14. The van der Waals surface area contributed by atoms with Gasteiger partial charge in [0.05, 0.1) is 6.42 Å². The minimum absolute atomic E-state index is 0.163. The molecule has 0 saturated carbocycles. The van der Waals surface area contributed by atoms with Gasteiger partial charge in [0.25, 0.3) is 0 Å². The van der Waals surface area contributed by atoms with E-state index in [0.717, 1.165) is 29.4 Å². The van der Waals surface area contributed by atoms with Gasteiger partial charge in [-0.05, 0) is 29.5 Å². The summed E-state index contributed by atoms with van der Waals surface area (Å²) < 4.78 is 0. The number of nitrogens with zero attached hydrogens (tertiary/aromatic N) is 1. The minimum Gasteiger partial charge on any atom is -0.361 e. The van der Waals surface area contributed by atoms with Crippen LogP contribution >= 0.6 is 11.3 Å². The van der Waals surface area contributed by atoms with Gasteiger partial charge in [0.1, 0.15) is 0 Å². The second-order valence-corrected chi connectivity index (χ2v) is 6.21. The highest BCUT2D eigenvalue weighted by molar-refractivity contribution is 7.09. The number of hydrogen-bond donors (Lipinski definition) is 1. The van der Waals surface area contributed by atoms with Crippen LogP contribution in [0.2, 0.25) is 0 Å². The Kier molecular flexibility index (Phi) is 4.06. The van der Waals surface area contributed by atoms with Crippen molar-refractivity contribution >= 4 is 28.1 Å². The maximum Gasteiger partial charge on any atom is 0.226 e. The number of carbonyl (C=O) groups excluding carboxylic acids is 1. The van der Waals surface area contributed by atoms with E-state index in [1.807, 2.05) is 42.4 Å². The van der Waals surface area contributed by atoms with Gasteiger partial charge in [-0.1, -0.05) is 24.3 Å². The normalized spacial score (nSPS) is 10.9. The number of likely N-dealkylation sites (N-methyl/N-ethyl adjacent to an activating group) is 1. The molecule has 0 aliphatic heterocycles. The molecule has 1 amide bonds. The second-order valence-electron chi connectivity index (χ2n) is 5.18. The molecule has 2 heterocycles. The molecule has 0 radical (unpaired) electrons. The number of para-hydroxylation sites is 1. The van der Waals surface area contributed by atoms with E-state index < -0.39 is 0 Å². The van der Waals surface area contributed by atoms with Gasteiger partial charge in [0, 0.05) is 35.6 Å². The Bertz CT molecular complexity index is 730. The van der Waals surface area contributed by atoms with Crippen molar-refractivity contribution in [3.8, 4) is 0 Å². The molecule has 0 saturated heterocycles. The van der Waals surface area contributed by atoms with Crippen LogP contribution in [0.25, 0.3) is 10.9 Å². The fraction of sp³-hybridized carbons (Fsp3) is 0.235. The molecule has 3 rings (SSSR count). The zero-order chi connectivity index (χ0) is 14.7. The summed E-state index contributed by atoms with van der Waals surface area (Å²) in [5.41, 5.74) is 2.15. The van der Waals surface area contributed by atoms with Crippen LogP contribution in [0.4, 0.5) is 0 Å². The van der Waals surface area contributed by atoms with Crippen LogP contribution in [0.15, 0.2) is 48.0 Å². The van der Waals surface area contributed by atoms with Gasteiger partial charge in [-0.2, -0.15) is 0 Å². The molecule has 0 aliphatic rings. The number of nitrogens with one attached hydrogen (secondary N) is 1. The number of fused-ring (bicyclic) bond motifs is 1. The van der Waals surface area contributed by atoms with E-state index >= 15 is 0 Å². The molecular weight excluding hydrogens is 280 g/mol. The standard InChI is InChI=1S/C17H18N2OS/c1-19(9-8-14-5-4-10-21-14)17(20)11-13-12-18-16-7-3-2-6-15(13)16/h2-7,10,12,18H,8-9,11H2,1H3. The van der Waals surface area contributed by atoms with Crippen LogP contribution < -0.4 is 0 Å². The Morgan fingerprint density at radius 1 is 1.24 bits per heavy atom. The largest absolute Gasteiger partial charge is 0.361 e. The summed E-state index contributed by atoms with van der Waals surface area (Å²) in [6.07, 6.45) is 3.31. The molecule has 3 aromatic rings. The molecule has 108 valence electrons. The van der Waals surface area contributed by atoms with Crippen LogP contribution in [0, 0.1) is 0 Å². The van der Waals surface area contributed by atoms with Gasteiger partial charge in [0.2, 0.25) is 5.91 Å². The summed E-state index contributed by atoms with van der Waals surface area (Å²) in [6, 6.07) is 12.3. The first-order chi connectivity index (χ1) is 10.2. The first kappa shape index (κ1) is 13.9. The zero-order valence-electron chi connectivity index (χ0n) is 12.0. The third-order valence-corrected chi connectivity index (χ3v) is 4.65.